The molecule has 0 saturated heterocycles. The van der Waals surface area contributed by atoms with E-state index in [-0.39, 0.29) is 0 Å². The van der Waals surface area contributed by atoms with E-state index in [1.807, 2.05) is 6.20 Å². The number of hydrogen-bond donors (Lipinski definition) is 1. The zero-order chi connectivity index (χ0) is 14.8. The Hall–Kier alpha value is -1.75. The summed E-state index contributed by atoms with van der Waals surface area (Å²) in [6.07, 6.45) is 5.94. The first kappa shape index (κ1) is 14.2. The van der Waals surface area contributed by atoms with Crippen molar-refractivity contribution in [3.05, 3.63) is 41.1 Å². The Morgan fingerprint density at radius 3 is 2.95 bits per heavy atom. The molecule has 1 aliphatic rings. The molecule has 110 valence electrons. The first-order chi connectivity index (χ1) is 10.2. The number of benzene rings is 1. The van der Waals surface area contributed by atoms with Crippen LogP contribution >= 0.6 is 11.8 Å². The number of aryl methyl sites for hydroxylation is 1. The molecule has 0 atom stereocenters. The highest BCUT2D eigenvalue weighted by molar-refractivity contribution is 7.98. The van der Waals surface area contributed by atoms with E-state index in [0.717, 1.165) is 37.3 Å². The maximum atomic E-state index is 5.77. The van der Waals surface area contributed by atoms with Gasteiger partial charge in [-0.15, -0.1) is 11.8 Å². The average molecular weight is 300 g/mol. The molecule has 0 aliphatic carbocycles. The van der Waals surface area contributed by atoms with Crippen LogP contribution in [0.3, 0.4) is 0 Å². The van der Waals surface area contributed by atoms with Gasteiger partial charge in [0.25, 0.3) is 0 Å². The van der Waals surface area contributed by atoms with Crippen LogP contribution in [0.15, 0.2) is 29.3 Å². The highest BCUT2D eigenvalue weighted by atomic mass is 32.2. The van der Waals surface area contributed by atoms with E-state index >= 15 is 0 Å². The summed E-state index contributed by atoms with van der Waals surface area (Å²) in [7, 11) is 0. The average Bonchev–Trinajstić information content (AvgIpc) is 2.53. The van der Waals surface area contributed by atoms with Gasteiger partial charge in [-0.1, -0.05) is 13.0 Å². The van der Waals surface area contributed by atoms with Crippen molar-refractivity contribution in [3.8, 4) is 0 Å². The summed E-state index contributed by atoms with van der Waals surface area (Å²) >= 11 is 1.80. The van der Waals surface area contributed by atoms with Gasteiger partial charge in [-0.2, -0.15) is 4.98 Å². The fourth-order valence-electron chi connectivity index (χ4n) is 2.77. The molecule has 0 amide bonds. The molecule has 21 heavy (non-hydrogen) atoms. The quantitative estimate of drug-likeness (QED) is 0.883. The fraction of sp³-hybridized carbons (Fsp3) is 0.375. The number of nitrogen functional groups attached to an aromatic ring is 1. The molecule has 4 nitrogen and oxygen atoms in total. The second-order valence-electron chi connectivity index (χ2n) is 5.24. The van der Waals surface area contributed by atoms with Crippen molar-refractivity contribution in [1.29, 1.82) is 0 Å². The van der Waals surface area contributed by atoms with E-state index in [9.17, 15) is 0 Å². The summed E-state index contributed by atoms with van der Waals surface area (Å²) in [5.41, 5.74) is 9.77. The van der Waals surface area contributed by atoms with Gasteiger partial charge in [0, 0.05) is 29.7 Å². The van der Waals surface area contributed by atoms with Gasteiger partial charge in [0.2, 0.25) is 5.95 Å². The van der Waals surface area contributed by atoms with Gasteiger partial charge >= 0.3 is 0 Å². The Bertz CT molecular complexity index is 657. The van der Waals surface area contributed by atoms with Crippen molar-refractivity contribution < 1.29 is 0 Å². The summed E-state index contributed by atoms with van der Waals surface area (Å²) < 4.78 is 0. The SMILES string of the molecule is CCc1cnc(N)nc1N1CCc2cc(SC)ccc2C1. The first-order valence-electron chi connectivity index (χ1n) is 7.23. The van der Waals surface area contributed by atoms with Crippen LogP contribution < -0.4 is 10.6 Å². The van der Waals surface area contributed by atoms with Gasteiger partial charge in [0.15, 0.2) is 0 Å². The van der Waals surface area contributed by atoms with Crippen LogP contribution in [-0.2, 0) is 19.4 Å². The molecule has 0 unspecified atom stereocenters. The van der Waals surface area contributed by atoms with Crippen LogP contribution in [0.5, 0.6) is 0 Å². The molecule has 0 bridgehead atoms. The molecule has 2 heterocycles. The number of fused-ring (bicyclic) bond motifs is 1. The lowest BCUT2D eigenvalue weighted by molar-refractivity contribution is 0.712. The zero-order valence-corrected chi connectivity index (χ0v) is 13.3. The number of aromatic nitrogens is 2. The summed E-state index contributed by atoms with van der Waals surface area (Å²) in [6, 6.07) is 6.75. The number of rotatable bonds is 3. The summed E-state index contributed by atoms with van der Waals surface area (Å²) in [5.74, 6) is 1.34. The van der Waals surface area contributed by atoms with Gasteiger partial charge in [-0.25, -0.2) is 4.98 Å². The third kappa shape index (κ3) is 2.83. The lowest BCUT2D eigenvalue weighted by Gasteiger charge is -2.31. The Morgan fingerprint density at radius 1 is 1.33 bits per heavy atom. The zero-order valence-electron chi connectivity index (χ0n) is 12.5. The number of anilines is 2. The Labute approximate surface area is 129 Å². The van der Waals surface area contributed by atoms with E-state index in [1.165, 1.54) is 16.0 Å². The van der Waals surface area contributed by atoms with Crippen molar-refractivity contribution in [2.24, 2.45) is 0 Å². The van der Waals surface area contributed by atoms with Gasteiger partial charge in [0.1, 0.15) is 5.82 Å². The summed E-state index contributed by atoms with van der Waals surface area (Å²) in [5, 5.41) is 0. The Morgan fingerprint density at radius 2 is 2.19 bits per heavy atom. The topological polar surface area (TPSA) is 55.0 Å². The molecule has 2 N–H and O–H groups in total. The molecule has 1 aliphatic heterocycles. The number of thioether (sulfide) groups is 1. The van der Waals surface area contributed by atoms with Crippen LogP contribution in [0.2, 0.25) is 0 Å². The highest BCUT2D eigenvalue weighted by Gasteiger charge is 2.20. The van der Waals surface area contributed by atoms with Crippen LogP contribution in [0, 0.1) is 0 Å². The van der Waals surface area contributed by atoms with E-state index in [1.54, 1.807) is 11.8 Å². The van der Waals surface area contributed by atoms with Crippen LogP contribution in [0.25, 0.3) is 0 Å². The molecular formula is C16H20N4S. The number of nitrogens with zero attached hydrogens (tertiary/aromatic N) is 3. The van der Waals surface area contributed by atoms with Crippen molar-refractivity contribution in [2.75, 3.05) is 23.4 Å². The van der Waals surface area contributed by atoms with Gasteiger partial charge in [0.05, 0.1) is 0 Å². The second kappa shape index (κ2) is 5.93. The number of nitrogens with two attached hydrogens (primary N) is 1. The van der Waals surface area contributed by atoms with Gasteiger partial charge in [-0.3, -0.25) is 0 Å². The van der Waals surface area contributed by atoms with Gasteiger partial charge in [-0.05, 0) is 42.4 Å². The molecule has 0 fully saturated rings. The third-order valence-corrected chi connectivity index (χ3v) is 4.69. The molecule has 0 spiro atoms. The lowest BCUT2D eigenvalue weighted by atomic mass is 9.99. The Balaban J connectivity index is 1.91. The van der Waals surface area contributed by atoms with E-state index in [2.05, 4.69) is 46.2 Å². The van der Waals surface area contributed by atoms with Crippen molar-refractivity contribution >= 4 is 23.5 Å². The molecule has 0 saturated carbocycles. The Kier molecular flexibility index (Phi) is 4.01. The van der Waals surface area contributed by atoms with E-state index < -0.39 is 0 Å². The minimum atomic E-state index is 0.353. The number of hydrogen-bond acceptors (Lipinski definition) is 5. The lowest BCUT2D eigenvalue weighted by Crippen LogP contribution is -2.32. The molecule has 5 heteroatoms. The van der Waals surface area contributed by atoms with Crippen molar-refractivity contribution in [3.63, 3.8) is 0 Å². The highest BCUT2D eigenvalue weighted by Crippen LogP contribution is 2.28. The van der Waals surface area contributed by atoms with E-state index in [0.29, 0.717) is 5.95 Å². The predicted octanol–water partition coefficient (Wildman–Crippen LogP) is 2.91. The van der Waals surface area contributed by atoms with Crippen LogP contribution in [0.1, 0.15) is 23.6 Å². The maximum Gasteiger partial charge on any atom is 0.221 e. The maximum absolute atomic E-state index is 5.77. The minimum absolute atomic E-state index is 0.353. The molecule has 2 aromatic rings. The normalized spacial score (nSPS) is 14.1. The third-order valence-electron chi connectivity index (χ3n) is 3.97. The summed E-state index contributed by atoms with van der Waals surface area (Å²) in [6.45, 7) is 4.00. The minimum Gasteiger partial charge on any atom is -0.368 e. The van der Waals surface area contributed by atoms with Crippen molar-refractivity contribution in [1.82, 2.24) is 9.97 Å². The summed E-state index contributed by atoms with van der Waals surface area (Å²) in [4.78, 5) is 12.2. The van der Waals surface area contributed by atoms with E-state index in [4.69, 9.17) is 5.73 Å². The molecule has 3 rings (SSSR count). The molecule has 0 radical (unpaired) electrons. The second-order valence-corrected chi connectivity index (χ2v) is 6.12. The molecule has 1 aromatic heterocycles. The van der Waals surface area contributed by atoms with Crippen LogP contribution in [0.4, 0.5) is 11.8 Å². The first-order valence-corrected chi connectivity index (χ1v) is 8.46. The fourth-order valence-corrected chi connectivity index (χ4v) is 3.24. The largest absolute Gasteiger partial charge is 0.368 e. The molecular weight excluding hydrogens is 280 g/mol. The predicted molar refractivity (Wildman–Crippen MR) is 88.8 cm³/mol. The van der Waals surface area contributed by atoms with Crippen molar-refractivity contribution in [2.45, 2.75) is 31.2 Å². The monoisotopic (exact) mass is 300 g/mol. The van der Waals surface area contributed by atoms with Gasteiger partial charge < -0.3 is 10.6 Å². The molecule has 1 aromatic carbocycles. The smallest absolute Gasteiger partial charge is 0.221 e. The standard InChI is InChI=1S/C16H20N4S/c1-3-11-9-18-16(17)19-15(11)20-7-6-12-8-14(21-2)5-4-13(12)10-20/h4-5,8-9H,3,6-7,10H2,1-2H3,(H2,17,18,19). The van der Waals surface area contributed by atoms with Crippen LogP contribution in [-0.4, -0.2) is 22.8 Å².